The van der Waals surface area contributed by atoms with E-state index in [1.807, 2.05) is 20.8 Å². The number of hydrogen-bond donors (Lipinski definition) is 12. The molecule has 0 spiro atoms. The van der Waals surface area contributed by atoms with Crippen molar-refractivity contribution in [2.75, 3.05) is 19.8 Å². The van der Waals surface area contributed by atoms with Crippen LogP contribution in [0.25, 0.3) is 0 Å². The molecule has 3 heterocycles. The molecule has 0 aromatic carbocycles. The van der Waals surface area contributed by atoms with Crippen LogP contribution in [0.3, 0.4) is 0 Å². The molecule has 0 aromatic rings. The Balaban J connectivity index is 1.13. The van der Waals surface area contributed by atoms with Crippen LogP contribution in [0.2, 0.25) is 0 Å². The van der Waals surface area contributed by atoms with Gasteiger partial charge >= 0.3 is 0 Å². The highest BCUT2D eigenvalue weighted by Crippen LogP contribution is 2.75. The molecule has 0 aromatic heterocycles. The number of hydrogen-bond acceptors (Lipinski definition) is 18. The highest BCUT2D eigenvalue weighted by atomic mass is 16.8. The molecule has 18 nitrogen and oxygen atoms in total. The lowest BCUT2D eigenvalue weighted by Crippen LogP contribution is -2.67. The van der Waals surface area contributed by atoms with Gasteiger partial charge in [0.1, 0.15) is 73.2 Å². The molecule has 66 heavy (non-hydrogen) atoms. The van der Waals surface area contributed by atoms with Crippen LogP contribution in [0.5, 0.6) is 0 Å². The second-order valence-corrected chi connectivity index (χ2v) is 22.8. The van der Waals surface area contributed by atoms with Gasteiger partial charge < -0.3 is 89.7 Å². The van der Waals surface area contributed by atoms with Gasteiger partial charge in [0.05, 0.1) is 37.6 Å². The summed E-state index contributed by atoms with van der Waals surface area (Å²) in [7, 11) is 0. The van der Waals surface area contributed by atoms with E-state index >= 15 is 0 Å². The highest BCUT2D eigenvalue weighted by Gasteiger charge is 2.72. The molecular weight excluding hydrogens is 865 g/mol. The third-order valence-electron chi connectivity index (χ3n) is 18.9. The van der Waals surface area contributed by atoms with E-state index in [0.29, 0.717) is 25.7 Å². The van der Waals surface area contributed by atoms with Crippen LogP contribution in [0.1, 0.15) is 113 Å². The predicted octanol–water partition coefficient (Wildman–Crippen LogP) is -0.0268. The molecule has 0 bridgehead atoms. The standard InChI is InChI=1S/C48H82O18/c1-22(2)10-9-15-47(7,66-42-39(60)36(57)33(54)26(20-50)62-42)29-13-17-46(6)23-11-12-28-44(3,4)31(14-16-45(28,5)24(23)18-30(52)48(29,46)8)64-43-40(37(58)34(55)27(21-51)63-43)65-41-38(59)35(56)32(53)25(19-49)61-41/h10,23-43,49-60H,9,11-21H2,1-8H3. The van der Waals surface area contributed by atoms with Crippen molar-refractivity contribution in [3.05, 3.63) is 11.6 Å². The van der Waals surface area contributed by atoms with Crippen molar-refractivity contribution < 1.29 is 89.7 Å². The van der Waals surface area contributed by atoms with Gasteiger partial charge in [-0.05, 0) is 118 Å². The van der Waals surface area contributed by atoms with Crippen molar-refractivity contribution in [3.8, 4) is 0 Å². The largest absolute Gasteiger partial charge is 0.394 e. The van der Waals surface area contributed by atoms with Crippen LogP contribution in [0.15, 0.2) is 11.6 Å². The van der Waals surface area contributed by atoms with Crippen molar-refractivity contribution in [1.29, 1.82) is 0 Å². The molecule has 0 radical (unpaired) electrons. The van der Waals surface area contributed by atoms with Gasteiger partial charge in [0, 0.05) is 5.41 Å². The molecule has 4 aliphatic carbocycles. The Hall–Kier alpha value is -0.980. The summed E-state index contributed by atoms with van der Waals surface area (Å²) in [6.07, 6.45) is -15.4. The zero-order valence-corrected chi connectivity index (χ0v) is 40.0. The second-order valence-electron chi connectivity index (χ2n) is 22.8. The lowest BCUT2D eigenvalue weighted by atomic mass is 9.37. The maximum Gasteiger partial charge on any atom is 0.187 e. The van der Waals surface area contributed by atoms with Crippen molar-refractivity contribution in [2.24, 2.45) is 45.3 Å². The summed E-state index contributed by atoms with van der Waals surface area (Å²) in [5, 5.41) is 129. The Morgan fingerprint density at radius 3 is 1.74 bits per heavy atom. The Bertz CT molecular complexity index is 1680. The molecule has 12 N–H and O–H groups in total. The van der Waals surface area contributed by atoms with Crippen molar-refractivity contribution >= 4 is 0 Å². The van der Waals surface area contributed by atoms with Crippen LogP contribution in [0, 0.1) is 45.3 Å². The SMILES string of the molecule is CC(C)=CCCC(C)(OC1OC(CO)C(O)C(O)C1O)C1CCC2(C)C3CCC4C(C)(C)C(OC5OC(CO)C(O)C(O)C5OC5OC(CO)C(O)C(O)C5O)CCC4(C)C3CC(O)C12C. The summed E-state index contributed by atoms with van der Waals surface area (Å²) in [6, 6.07) is 0. The first-order valence-corrected chi connectivity index (χ1v) is 24.4. The number of allylic oxidation sites excluding steroid dienone is 2. The van der Waals surface area contributed by atoms with Gasteiger partial charge in [0.15, 0.2) is 18.9 Å². The van der Waals surface area contributed by atoms with Gasteiger partial charge in [-0.15, -0.1) is 0 Å². The molecule has 382 valence electrons. The molecule has 7 fully saturated rings. The van der Waals surface area contributed by atoms with Gasteiger partial charge in [-0.3, -0.25) is 0 Å². The van der Waals surface area contributed by atoms with E-state index in [9.17, 15) is 61.3 Å². The molecule has 3 aliphatic heterocycles. The van der Waals surface area contributed by atoms with E-state index in [2.05, 4.69) is 40.7 Å². The average molecular weight is 947 g/mol. The van der Waals surface area contributed by atoms with Crippen molar-refractivity contribution in [2.45, 2.75) is 223 Å². The number of fused-ring (bicyclic) bond motifs is 5. The fourth-order valence-corrected chi connectivity index (χ4v) is 14.9. The van der Waals surface area contributed by atoms with E-state index < -0.39 is 141 Å². The quantitative estimate of drug-likeness (QED) is 0.0853. The van der Waals surface area contributed by atoms with E-state index in [4.69, 9.17) is 28.4 Å². The highest BCUT2D eigenvalue weighted by molar-refractivity contribution is 5.21. The second kappa shape index (κ2) is 19.6. The Kier molecular flexibility index (Phi) is 15.7. The van der Waals surface area contributed by atoms with Gasteiger partial charge in [-0.2, -0.15) is 0 Å². The third kappa shape index (κ3) is 8.69. The molecule has 7 aliphatic rings. The zero-order valence-electron chi connectivity index (χ0n) is 40.0. The minimum atomic E-state index is -1.79. The lowest BCUT2D eigenvalue weighted by molar-refractivity contribution is -0.378. The van der Waals surface area contributed by atoms with Crippen LogP contribution < -0.4 is 0 Å². The summed E-state index contributed by atoms with van der Waals surface area (Å²) in [5.74, 6) is 0.277. The summed E-state index contributed by atoms with van der Waals surface area (Å²) >= 11 is 0. The molecular formula is C48H82O18. The normalized spacial score (nSPS) is 52.4. The van der Waals surface area contributed by atoms with Crippen LogP contribution in [0.4, 0.5) is 0 Å². The van der Waals surface area contributed by atoms with E-state index in [0.717, 1.165) is 37.7 Å². The Morgan fingerprint density at radius 2 is 1.17 bits per heavy atom. The van der Waals surface area contributed by atoms with Gasteiger partial charge in [0.2, 0.25) is 0 Å². The molecule has 3 saturated heterocycles. The topological polar surface area (TPSA) is 298 Å². The van der Waals surface area contributed by atoms with Gasteiger partial charge in [-0.1, -0.05) is 46.3 Å². The van der Waals surface area contributed by atoms with E-state index in [-0.39, 0.29) is 34.5 Å². The minimum absolute atomic E-state index is 0.101. The summed E-state index contributed by atoms with van der Waals surface area (Å²) in [4.78, 5) is 0. The Morgan fingerprint density at radius 1 is 0.621 bits per heavy atom. The lowest BCUT2D eigenvalue weighted by Gasteiger charge is -2.69. The molecule has 18 heteroatoms. The van der Waals surface area contributed by atoms with Gasteiger partial charge in [-0.25, -0.2) is 0 Å². The third-order valence-corrected chi connectivity index (χ3v) is 18.9. The molecule has 7 rings (SSSR count). The number of rotatable bonds is 13. The van der Waals surface area contributed by atoms with Crippen LogP contribution >= 0.6 is 0 Å². The average Bonchev–Trinajstić information content (AvgIpc) is 3.57. The zero-order chi connectivity index (χ0) is 48.6. The van der Waals surface area contributed by atoms with E-state index in [1.54, 1.807) is 0 Å². The fourth-order valence-electron chi connectivity index (χ4n) is 14.9. The molecule has 0 amide bonds. The number of aliphatic hydroxyl groups is 12. The first kappa shape index (κ1) is 52.8. The minimum Gasteiger partial charge on any atom is -0.394 e. The van der Waals surface area contributed by atoms with Gasteiger partial charge in [0.25, 0.3) is 0 Å². The monoisotopic (exact) mass is 947 g/mol. The maximum absolute atomic E-state index is 12.8. The fraction of sp³-hybridized carbons (Fsp3) is 0.958. The first-order valence-electron chi connectivity index (χ1n) is 24.4. The van der Waals surface area contributed by atoms with Crippen LogP contribution in [-0.2, 0) is 28.4 Å². The number of ether oxygens (including phenoxy) is 6. The van der Waals surface area contributed by atoms with Crippen molar-refractivity contribution in [3.63, 3.8) is 0 Å². The molecule has 25 unspecified atom stereocenters. The number of aliphatic hydroxyl groups excluding tert-OH is 12. The Labute approximate surface area is 388 Å². The van der Waals surface area contributed by atoms with E-state index in [1.165, 1.54) is 0 Å². The maximum atomic E-state index is 12.8. The smallest absolute Gasteiger partial charge is 0.187 e. The summed E-state index contributed by atoms with van der Waals surface area (Å²) < 4.78 is 37.2. The van der Waals surface area contributed by atoms with Crippen molar-refractivity contribution in [1.82, 2.24) is 0 Å². The first-order chi connectivity index (χ1) is 30.9. The van der Waals surface area contributed by atoms with Crippen LogP contribution in [-0.4, -0.2) is 191 Å². The predicted molar refractivity (Wildman–Crippen MR) is 234 cm³/mol. The summed E-state index contributed by atoms with van der Waals surface area (Å²) in [5.41, 5.74) is -1.54. The summed E-state index contributed by atoms with van der Waals surface area (Å²) in [6.45, 7) is 15.3. The molecule has 25 atom stereocenters. The molecule has 4 saturated carbocycles.